The molecule has 1 aliphatic carbocycles. The van der Waals surface area contributed by atoms with E-state index in [0.29, 0.717) is 12.3 Å². The molecule has 3 heteroatoms. The van der Waals surface area contributed by atoms with Gasteiger partial charge in [0.1, 0.15) is 0 Å². The molecule has 0 aromatic heterocycles. The Kier molecular flexibility index (Phi) is 4.31. The number of hydrogen-bond donors (Lipinski definition) is 1. The van der Waals surface area contributed by atoms with Crippen LogP contribution in [-0.2, 0) is 4.79 Å². The van der Waals surface area contributed by atoms with E-state index in [1.165, 1.54) is 25.7 Å². The smallest absolute Gasteiger partial charge is 0.224 e. The first-order valence-electron chi connectivity index (χ1n) is 7.64. The second kappa shape index (κ2) is 5.60. The third-order valence-corrected chi connectivity index (χ3v) is 5.15. The molecule has 1 aliphatic heterocycles. The third kappa shape index (κ3) is 2.87. The Morgan fingerprint density at radius 2 is 2.06 bits per heavy atom. The van der Waals surface area contributed by atoms with Crippen LogP contribution in [0.3, 0.4) is 0 Å². The van der Waals surface area contributed by atoms with E-state index in [9.17, 15) is 4.79 Å². The molecule has 1 heterocycles. The lowest BCUT2D eigenvalue weighted by molar-refractivity contribution is -0.132. The van der Waals surface area contributed by atoms with Gasteiger partial charge in [0.15, 0.2) is 0 Å². The van der Waals surface area contributed by atoms with Crippen LogP contribution in [0.15, 0.2) is 0 Å². The van der Waals surface area contributed by atoms with Crippen molar-refractivity contribution in [3.05, 3.63) is 0 Å². The number of amides is 1. The van der Waals surface area contributed by atoms with Gasteiger partial charge >= 0.3 is 0 Å². The Balaban J connectivity index is 1.82. The van der Waals surface area contributed by atoms with Gasteiger partial charge in [-0.05, 0) is 37.5 Å². The minimum absolute atomic E-state index is 0.163. The maximum atomic E-state index is 12.2. The SMILES string of the molecule is CCC(CC)[C@H]1CCN(C(=O)CC2(N)CCC2)C1. The van der Waals surface area contributed by atoms with Crippen molar-refractivity contribution in [2.75, 3.05) is 13.1 Å². The van der Waals surface area contributed by atoms with E-state index in [0.717, 1.165) is 37.8 Å². The van der Waals surface area contributed by atoms with Crippen LogP contribution in [0.5, 0.6) is 0 Å². The van der Waals surface area contributed by atoms with Gasteiger partial charge in [-0.25, -0.2) is 0 Å². The molecule has 1 saturated carbocycles. The van der Waals surface area contributed by atoms with Gasteiger partial charge in [-0.2, -0.15) is 0 Å². The molecule has 1 saturated heterocycles. The van der Waals surface area contributed by atoms with Crippen molar-refractivity contribution in [3.8, 4) is 0 Å². The first-order chi connectivity index (χ1) is 8.58. The van der Waals surface area contributed by atoms with E-state index in [1.807, 2.05) is 0 Å². The summed E-state index contributed by atoms with van der Waals surface area (Å²) in [5.74, 6) is 1.81. The van der Waals surface area contributed by atoms with E-state index < -0.39 is 0 Å². The van der Waals surface area contributed by atoms with Crippen LogP contribution in [0.2, 0.25) is 0 Å². The monoisotopic (exact) mass is 252 g/mol. The van der Waals surface area contributed by atoms with Crippen molar-refractivity contribution >= 4 is 5.91 Å². The fourth-order valence-corrected chi connectivity index (χ4v) is 3.57. The highest BCUT2D eigenvalue weighted by molar-refractivity contribution is 5.77. The molecule has 0 aromatic rings. The van der Waals surface area contributed by atoms with Gasteiger partial charge in [0, 0.05) is 25.0 Å². The summed E-state index contributed by atoms with van der Waals surface area (Å²) in [7, 11) is 0. The number of nitrogens with two attached hydrogens (primary N) is 1. The summed E-state index contributed by atoms with van der Waals surface area (Å²) in [6, 6.07) is 0. The van der Waals surface area contributed by atoms with E-state index in [2.05, 4.69) is 18.7 Å². The number of carbonyl (C=O) groups excluding carboxylic acids is 1. The van der Waals surface area contributed by atoms with Gasteiger partial charge < -0.3 is 10.6 Å². The summed E-state index contributed by atoms with van der Waals surface area (Å²) in [5.41, 5.74) is 6.01. The lowest BCUT2D eigenvalue weighted by Gasteiger charge is -2.38. The van der Waals surface area contributed by atoms with Crippen LogP contribution in [0.25, 0.3) is 0 Å². The number of carbonyl (C=O) groups is 1. The predicted octanol–water partition coefficient (Wildman–Crippen LogP) is 2.54. The summed E-state index contributed by atoms with van der Waals surface area (Å²) in [4.78, 5) is 14.3. The molecule has 0 spiro atoms. The average molecular weight is 252 g/mol. The number of rotatable bonds is 5. The maximum absolute atomic E-state index is 12.2. The summed E-state index contributed by atoms with van der Waals surface area (Å²) in [6.07, 6.45) is 7.50. The molecule has 104 valence electrons. The van der Waals surface area contributed by atoms with Crippen molar-refractivity contribution in [3.63, 3.8) is 0 Å². The van der Waals surface area contributed by atoms with E-state index in [1.54, 1.807) is 0 Å². The van der Waals surface area contributed by atoms with Crippen molar-refractivity contribution < 1.29 is 4.79 Å². The van der Waals surface area contributed by atoms with Crippen molar-refractivity contribution in [2.24, 2.45) is 17.6 Å². The van der Waals surface area contributed by atoms with Crippen molar-refractivity contribution in [1.29, 1.82) is 0 Å². The van der Waals surface area contributed by atoms with Crippen molar-refractivity contribution in [1.82, 2.24) is 4.90 Å². The Hall–Kier alpha value is -0.570. The fraction of sp³-hybridized carbons (Fsp3) is 0.933. The first kappa shape index (κ1) is 13.9. The van der Waals surface area contributed by atoms with Gasteiger partial charge in [-0.1, -0.05) is 26.7 Å². The molecule has 1 atom stereocenters. The zero-order valence-corrected chi connectivity index (χ0v) is 12.0. The van der Waals surface area contributed by atoms with E-state index in [4.69, 9.17) is 5.73 Å². The predicted molar refractivity (Wildman–Crippen MR) is 74.1 cm³/mol. The van der Waals surface area contributed by atoms with Crippen LogP contribution in [0.4, 0.5) is 0 Å². The Bertz CT molecular complexity index is 295. The number of likely N-dealkylation sites (tertiary alicyclic amines) is 1. The molecule has 0 unspecified atom stereocenters. The lowest BCUT2D eigenvalue weighted by atomic mass is 9.75. The molecule has 2 N–H and O–H groups in total. The molecular weight excluding hydrogens is 224 g/mol. The minimum atomic E-state index is -0.163. The van der Waals surface area contributed by atoms with Gasteiger partial charge in [-0.15, -0.1) is 0 Å². The molecule has 0 bridgehead atoms. The Labute approximate surface area is 111 Å². The largest absolute Gasteiger partial charge is 0.342 e. The summed E-state index contributed by atoms with van der Waals surface area (Å²) >= 11 is 0. The zero-order valence-electron chi connectivity index (χ0n) is 12.0. The highest BCUT2D eigenvalue weighted by Gasteiger charge is 2.38. The zero-order chi connectivity index (χ0) is 13.2. The standard InChI is InChI=1S/C15H28N2O/c1-3-12(4-2)13-6-9-17(11-13)14(18)10-15(16)7-5-8-15/h12-13H,3-11,16H2,1-2H3/t13-/m0/s1. The molecular formula is C15H28N2O. The topological polar surface area (TPSA) is 46.3 Å². The van der Waals surface area contributed by atoms with Gasteiger partial charge in [-0.3, -0.25) is 4.79 Å². The van der Waals surface area contributed by atoms with Gasteiger partial charge in [0.25, 0.3) is 0 Å². The van der Waals surface area contributed by atoms with Crippen LogP contribution in [0.1, 0.15) is 58.8 Å². The van der Waals surface area contributed by atoms with Crippen LogP contribution >= 0.6 is 0 Å². The molecule has 2 aliphatic rings. The highest BCUT2D eigenvalue weighted by Crippen LogP contribution is 2.34. The quantitative estimate of drug-likeness (QED) is 0.817. The van der Waals surface area contributed by atoms with E-state index >= 15 is 0 Å². The summed E-state index contributed by atoms with van der Waals surface area (Å²) < 4.78 is 0. The molecule has 2 fully saturated rings. The minimum Gasteiger partial charge on any atom is -0.342 e. The third-order valence-electron chi connectivity index (χ3n) is 5.15. The number of nitrogens with zero attached hydrogens (tertiary/aromatic N) is 1. The Morgan fingerprint density at radius 3 is 2.56 bits per heavy atom. The Morgan fingerprint density at radius 1 is 1.39 bits per heavy atom. The molecule has 18 heavy (non-hydrogen) atoms. The summed E-state index contributed by atoms with van der Waals surface area (Å²) in [6.45, 7) is 6.46. The van der Waals surface area contributed by atoms with Gasteiger partial charge in [0.2, 0.25) is 5.91 Å². The average Bonchev–Trinajstić information content (AvgIpc) is 2.78. The van der Waals surface area contributed by atoms with Crippen LogP contribution in [-0.4, -0.2) is 29.4 Å². The maximum Gasteiger partial charge on any atom is 0.224 e. The first-order valence-corrected chi connectivity index (χ1v) is 7.64. The normalized spacial score (nSPS) is 26.4. The van der Waals surface area contributed by atoms with E-state index in [-0.39, 0.29) is 5.54 Å². The van der Waals surface area contributed by atoms with Crippen molar-refractivity contribution in [2.45, 2.75) is 64.3 Å². The highest BCUT2D eigenvalue weighted by atomic mass is 16.2. The molecule has 0 aromatic carbocycles. The molecule has 3 nitrogen and oxygen atoms in total. The second-order valence-corrected chi connectivity index (χ2v) is 6.36. The van der Waals surface area contributed by atoms with Crippen LogP contribution < -0.4 is 5.73 Å². The van der Waals surface area contributed by atoms with Gasteiger partial charge in [0.05, 0.1) is 0 Å². The second-order valence-electron chi connectivity index (χ2n) is 6.36. The molecule has 2 rings (SSSR count). The summed E-state index contributed by atoms with van der Waals surface area (Å²) in [5, 5.41) is 0. The molecule has 1 amide bonds. The molecule has 0 radical (unpaired) electrons. The fourth-order valence-electron chi connectivity index (χ4n) is 3.57. The number of hydrogen-bond acceptors (Lipinski definition) is 2. The van der Waals surface area contributed by atoms with Crippen LogP contribution in [0, 0.1) is 11.8 Å². The lowest BCUT2D eigenvalue weighted by Crippen LogP contribution is -2.50.